The lowest BCUT2D eigenvalue weighted by atomic mass is 9.95. The van der Waals surface area contributed by atoms with E-state index >= 15 is 0 Å². The molecule has 0 bridgehead atoms. The van der Waals surface area contributed by atoms with Crippen LogP contribution in [0.5, 0.6) is 5.75 Å². The van der Waals surface area contributed by atoms with E-state index in [9.17, 15) is 25.2 Å². The summed E-state index contributed by atoms with van der Waals surface area (Å²) in [4.78, 5) is 14.4. The van der Waals surface area contributed by atoms with Crippen LogP contribution in [0.3, 0.4) is 0 Å². The number of methoxy groups -OCH3 is 1. The van der Waals surface area contributed by atoms with Crippen molar-refractivity contribution < 1.29 is 44.2 Å². The largest absolute Gasteiger partial charge is 0.508 e. The molecule has 2 aromatic carbocycles. The number of aryl methyl sites for hydroxylation is 1. The van der Waals surface area contributed by atoms with E-state index in [1.54, 1.807) is 12.1 Å². The van der Waals surface area contributed by atoms with Crippen LogP contribution in [0, 0.1) is 0 Å². The fraction of sp³-hybridized carbons (Fsp3) is 0.400. The summed E-state index contributed by atoms with van der Waals surface area (Å²) in [6.45, 7) is 1.57. The molecule has 1 aliphatic heterocycles. The number of hydrogen-bond acceptors (Lipinski definition) is 9. The van der Waals surface area contributed by atoms with Crippen molar-refractivity contribution >= 4 is 17.1 Å². The monoisotopic (exact) mass is 487 g/mol. The van der Waals surface area contributed by atoms with Crippen LogP contribution in [-0.2, 0) is 27.1 Å². The SMILES string of the molecule is CCc1ccc(Cc2c[nH]c3cccc(O[C@]4(O)[C@H](O)O[C@H](COC(=O)OC)[C@@H](O)[C@@H]4O)c23)cc1. The number of ether oxygens (including phenoxy) is 4. The van der Waals surface area contributed by atoms with Gasteiger partial charge in [-0.15, -0.1) is 0 Å². The summed E-state index contributed by atoms with van der Waals surface area (Å²) in [6, 6.07) is 13.3. The molecule has 3 aromatic rings. The molecular formula is C25H29NO9. The Kier molecular flexibility index (Phi) is 7.29. The Labute approximate surface area is 201 Å². The van der Waals surface area contributed by atoms with E-state index < -0.39 is 43.2 Å². The van der Waals surface area contributed by atoms with Crippen molar-refractivity contribution in [2.45, 2.75) is 50.2 Å². The molecule has 1 aliphatic rings. The third kappa shape index (κ3) is 4.97. The highest BCUT2D eigenvalue weighted by Gasteiger charge is 2.57. The first kappa shape index (κ1) is 25.0. The van der Waals surface area contributed by atoms with Crippen molar-refractivity contribution in [3.05, 3.63) is 65.4 Å². The Morgan fingerprint density at radius 3 is 2.51 bits per heavy atom. The molecule has 35 heavy (non-hydrogen) atoms. The molecule has 0 spiro atoms. The summed E-state index contributed by atoms with van der Waals surface area (Å²) in [7, 11) is 1.10. The van der Waals surface area contributed by atoms with Gasteiger partial charge in [0.15, 0.2) is 6.10 Å². The van der Waals surface area contributed by atoms with Gasteiger partial charge < -0.3 is 44.4 Å². The second-order valence-electron chi connectivity index (χ2n) is 8.42. The first-order valence-corrected chi connectivity index (χ1v) is 11.2. The molecule has 0 saturated carbocycles. The number of benzene rings is 2. The standard InChI is InChI=1S/C25H29NO9/c1-3-14-7-9-15(10-8-14)11-16-12-26-17-5-4-6-18(20(16)17)35-25(31)22(28)21(27)19(34-23(25)29)13-33-24(30)32-2/h4-10,12,19,21-23,26-29,31H,3,11,13H2,1-2H3/t19-,21-,22+,23-,25+/m1/s1. The number of carbonyl (C=O) groups is 1. The highest BCUT2D eigenvalue weighted by Crippen LogP contribution is 2.37. The number of rotatable bonds is 7. The van der Waals surface area contributed by atoms with Gasteiger partial charge in [0.05, 0.1) is 7.11 Å². The number of aromatic nitrogens is 1. The number of aliphatic hydroxyl groups excluding tert-OH is 3. The van der Waals surface area contributed by atoms with Crippen LogP contribution in [0.2, 0.25) is 0 Å². The van der Waals surface area contributed by atoms with Gasteiger partial charge in [-0.1, -0.05) is 37.3 Å². The zero-order valence-corrected chi connectivity index (χ0v) is 19.4. The van der Waals surface area contributed by atoms with E-state index in [-0.39, 0.29) is 5.75 Å². The van der Waals surface area contributed by atoms with Gasteiger partial charge in [-0.25, -0.2) is 4.79 Å². The first-order chi connectivity index (χ1) is 16.8. The topological polar surface area (TPSA) is 151 Å². The highest BCUT2D eigenvalue weighted by atomic mass is 16.7. The predicted molar refractivity (Wildman–Crippen MR) is 124 cm³/mol. The van der Waals surface area contributed by atoms with Crippen LogP contribution in [-0.4, -0.2) is 75.7 Å². The number of H-pyrrole nitrogens is 1. The number of fused-ring (bicyclic) bond motifs is 1. The minimum atomic E-state index is -2.70. The second kappa shape index (κ2) is 10.2. The minimum absolute atomic E-state index is 0.171. The third-order valence-electron chi connectivity index (χ3n) is 6.17. The molecule has 2 heterocycles. The van der Waals surface area contributed by atoms with Crippen LogP contribution < -0.4 is 4.74 Å². The molecule has 5 atom stereocenters. The smallest absolute Gasteiger partial charge is 0.454 e. The zero-order valence-electron chi connectivity index (χ0n) is 19.4. The van der Waals surface area contributed by atoms with Gasteiger partial charge in [0.2, 0.25) is 6.29 Å². The molecule has 10 nitrogen and oxygen atoms in total. The van der Waals surface area contributed by atoms with E-state index in [2.05, 4.69) is 28.8 Å². The van der Waals surface area contributed by atoms with E-state index in [4.69, 9.17) is 14.2 Å². The quantitative estimate of drug-likeness (QED) is 0.247. The number of carbonyl (C=O) groups excluding carboxylic acids is 1. The van der Waals surface area contributed by atoms with Crippen molar-refractivity contribution in [1.82, 2.24) is 4.98 Å². The Balaban J connectivity index is 1.58. The fourth-order valence-electron chi connectivity index (χ4n) is 4.13. The van der Waals surface area contributed by atoms with E-state index in [0.717, 1.165) is 30.2 Å². The Morgan fingerprint density at radius 2 is 1.83 bits per heavy atom. The molecule has 5 N–H and O–H groups in total. The van der Waals surface area contributed by atoms with Gasteiger partial charge in [-0.05, 0) is 41.7 Å². The fourth-order valence-corrected chi connectivity index (χ4v) is 4.13. The summed E-state index contributed by atoms with van der Waals surface area (Å²) in [5.41, 5.74) is 3.89. The number of aliphatic hydroxyl groups is 4. The van der Waals surface area contributed by atoms with Gasteiger partial charge in [0, 0.05) is 17.1 Å². The third-order valence-corrected chi connectivity index (χ3v) is 6.17. The van der Waals surface area contributed by atoms with Crippen LogP contribution in [0.1, 0.15) is 23.6 Å². The van der Waals surface area contributed by atoms with Crippen LogP contribution in [0.4, 0.5) is 4.79 Å². The maximum atomic E-state index is 11.2. The van der Waals surface area contributed by atoms with Gasteiger partial charge in [0.1, 0.15) is 24.6 Å². The maximum absolute atomic E-state index is 11.2. The Hall–Kier alpha value is -3.15. The zero-order chi connectivity index (χ0) is 25.2. The molecule has 1 fully saturated rings. The average Bonchev–Trinajstić information content (AvgIpc) is 3.28. The minimum Gasteiger partial charge on any atom is -0.454 e. The summed E-state index contributed by atoms with van der Waals surface area (Å²) in [5.74, 6) is -2.53. The summed E-state index contributed by atoms with van der Waals surface area (Å²) in [5, 5.41) is 43.3. The Morgan fingerprint density at radius 1 is 1.11 bits per heavy atom. The maximum Gasteiger partial charge on any atom is 0.508 e. The molecule has 1 aromatic heterocycles. The molecule has 0 aliphatic carbocycles. The predicted octanol–water partition coefficient (Wildman–Crippen LogP) is 1.61. The lowest BCUT2D eigenvalue weighted by Gasteiger charge is -2.45. The molecule has 0 radical (unpaired) electrons. The van der Waals surface area contributed by atoms with Gasteiger partial charge >= 0.3 is 6.16 Å². The highest BCUT2D eigenvalue weighted by molar-refractivity contribution is 5.89. The summed E-state index contributed by atoms with van der Waals surface area (Å²) in [6.07, 6.45) is -4.81. The van der Waals surface area contributed by atoms with Gasteiger partial charge in [-0.2, -0.15) is 0 Å². The van der Waals surface area contributed by atoms with E-state index in [1.165, 1.54) is 5.56 Å². The van der Waals surface area contributed by atoms with Crippen LogP contribution in [0.25, 0.3) is 10.9 Å². The van der Waals surface area contributed by atoms with Crippen molar-refractivity contribution in [2.24, 2.45) is 0 Å². The van der Waals surface area contributed by atoms with Crippen molar-refractivity contribution in [2.75, 3.05) is 13.7 Å². The van der Waals surface area contributed by atoms with Crippen LogP contribution in [0.15, 0.2) is 48.7 Å². The Bertz CT molecular complexity index is 1160. The molecule has 0 amide bonds. The van der Waals surface area contributed by atoms with Crippen molar-refractivity contribution in [3.63, 3.8) is 0 Å². The lowest BCUT2D eigenvalue weighted by molar-refractivity contribution is -0.385. The number of hydrogen-bond donors (Lipinski definition) is 5. The van der Waals surface area contributed by atoms with Crippen molar-refractivity contribution in [3.8, 4) is 5.75 Å². The summed E-state index contributed by atoms with van der Waals surface area (Å²) < 4.78 is 20.0. The number of nitrogens with one attached hydrogen (secondary N) is 1. The molecule has 4 rings (SSSR count). The first-order valence-electron chi connectivity index (χ1n) is 11.2. The second-order valence-corrected chi connectivity index (χ2v) is 8.42. The van der Waals surface area contributed by atoms with Crippen molar-refractivity contribution in [1.29, 1.82) is 0 Å². The molecule has 10 heteroatoms. The van der Waals surface area contributed by atoms with Gasteiger partial charge in [0.25, 0.3) is 5.79 Å². The molecule has 1 saturated heterocycles. The van der Waals surface area contributed by atoms with Gasteiger partial charge in [-0.3, -0.25) is 0 Å². The normalized spacial score (nSPS) is 26.5. The number of aromatic amines is 1. The molecule has 188 valence electrons. The van der Waals surface area contributed by atoms with Crippen LogP contribution >= 0.6 is 0 Å². The molecule has 0 unspecified atom stereocenters. The average molecular weight is 488 g/mol. The lowest BCUT2D eigenvalue weighted by Crippen LogP contribution is -2.69. The van der Waals surface area contributed by atoms with E-state index in [1.807, 2.05) is 24.4 Å². The summed E-state index contributed by atoms with van der Waals surface area (Å²) >= 11 is 0. The van der Waals surface area contributed by atoms with E-state index in [0.29, 0.717) is 11.8 Å². The molecular weight excluding hydrogens is 458 g/mol.